The fourth-order valence-corrected chi connectivity index (χ4v) is 9.68. The summed E-state index contributed by atoms with van der Waals surface area (Å²) in [6, 6.07) is 7.03. The zero-order valence-electron chi connectivity index (χ0n) is 33.3. The van der Waals surface area contributed by atoms with Gasteiger partial charge in [-0.25, -0.2) is 58.9 Å². The quantitative estimate of drug-likeness (QED) is 0.0444. The molecule has 4 aromatic rings. The molecule has 1 N–H and O–H groups in total. The first kappa shape index (κ1) is 66.6. The number of nitrogens with zero attached hydrogens (tertiary/aromatic N) is 4. The number of phenols is 1. The maximum Gasteiger partial charge on any atom is 1.00 e. The minimum Gasteiger partial charge on any atom is -0.744 e. The van der Waals surface area contributed by atoms with Crippen molar-refractivity contribution >= 4 is 104 Å². The Kier molecular flexibility index (Phi) is 26.6. The van der Waals surface area contributed by atoms with Crippen LogP contribution in [-0.4, -0.2) is 112 Å². The molecule has 0 saturated carbocycles. The summed E-state index contributed by atoms with van der Waals surface area (Å²) in [5, 5.41) is 24.4. The molecule has 4 aromatic carbocycles. The molecule has 0 aliphatic heterocycles. The molecule has 38 heteroatoms. The van der Waals surface area contributed by atoms with Crippen molar-refractivity contribution in [2.24, 2.45) is 20.5 Å². The molecule has 0 fully saturated rings. The van der Waals surface area contributed by atoms with E-state index in [0.717, 1.165) is 24.3 Å². The molecule has 0 amide bonds. The predicted octanol–water partition coefficient (Wildman–Crippen LogP) is -14.4. The number of fused-ring (bicyclic) bond motifs is 1. The zero-order valence-corrected chi connectivity index (χ0v) is 49.0. The second-order valence-corrected chi connectivity index (χ2v) is 21.4. The molecule has 322 valence electrons. The van der Waals surface area contributed by atoms with Gasteiger partial charge in [-0.05, 0) is 48.5 Å². The Bertz CT molecular complexity index is 3250. The normalized spacial score (nSPS) is 12.7. The van der Waals surface area contributed by atoms with Crippen molar-refractivity contribution in [3.05, 3.63) is 60.7 Å². The van der Waals surface area contributed by atoms with Crippen LogP contribution in [0, 0.1) is 0 Å². The summed E-state index contributed by atoms with van der Waals surface area (Å²) in [6.07, 6.45) is 0. The third kappa shape index (κ3) is 18.7. The summed E-state index contributed by atoms with van der Waals surface area (Å²) >= 11 is 0. The Morgan fingerprint density at radius 3 is 1.20 bits per heavy atom. The van der Waals surface area contributed by atoms with Gasteiger partial charge < -0.3 is 27.9 Å². The number of rotatable bonds is 17. The van der Waals surface area contributed by atoms with Crippen LogP contribution in [0.25, 0.3) is 10.8 Å². The molecule has 0 bridgehead atoms. The van der Waals surface area contributed by atoms with Gasteiger partial charge in [0.25, 0.3) is 0 Å². The monoisotopic (exact) mass is 1080 g/mol. The molecule has 0 saturated heterocycles. The van der Waals surface area contributed by atoms with Gasteiger partial charge in [0.05, 0.1) is 54.9 Å². The van der Waals surface area contributed by atoms with E-state index in [2.05, 4.69) is 28.8 Å². The molecule has 0 unspecified atom stereocenters. The van der Waals surface area contributed by atoms with Crippen LogP contribution >= 0.6 is 0 Å². The first-order chi connectivity index (χ1) is 26.8. The predicted molar refractivity (Wildman–Crippen MR) is 186 cm³/mol. The van der Waals surface area contributed by atoms with Crippen molar-refractivity contribution in [2.75, 3.05) is 24.7 Å². The molecule has 64 heavy (non-hydrogen) atoms. The third-order valence-corrected chi connectivity index (χ3v) is 14.0. The third-order valence-electron chi connectivity index (χ3n) is 7.14. The summed E-state index contributed by atoms with van der Waals surface area (Å²) < 4.78 is 231. The van der Waals surface area contributed by atoms with Crippen molar-refractivity contribution in [1.29, 1.82) is 0 Å². The minimum atomic E-state index is -5.69. The number of aromatic hydroxyl groups is 1. The number of sulfone groups is 2. The van der Waals surface area contributed by atoms with E-state index in [9.17, 15) is 86.8 Å². The number of azo groups is 2. The summed E-state index contributed by atoms with van der Waals surface area (Å²) in [7, 11) is -36.7. The number of phenolic OH excluding ortho intramolecular Hbond substituents is 1. The molecule has 0 atom stereocenters. The molecule has 0 radical (unpaired) electrons. The van der Waals surface area contributed by atoms with Crippen LogP contribution in [-0.2, 0) is 79.2 Å². The molecule has 26 nitrogen and oxygen atoms in total. The van der Waals surface area contributed by atoms with E-state index >= 15 is 0 Å². The van der Waals surface area contributed by atoms with E-state index in [1.165, 1.54) is 0 Å². The summed E-state index contributed by atoms with van der Waals surface area (Å²) in [5.74, 6) is -3.52. The number of benzene rings is 4. The van der Waals surface area contributed by atoms with Crippen LogP contribution in [0.5, 0.6) is 5.75 Å². The number of hydrogen-bond donors (Lipinski definition) is 1. The van der Waals surface area contributed by atoms with Gasteiger partial charge in [0.1, 0.15) is 47.4 Å². The van der Waals surface area contributed by atoms with Crippen molar-refractivity contribution in [3.8, 4) is 5.75 Å². The minimum absolute atomic E-state index is 0. The van der Waals surface area contributed by atoms with E-state index in [0.29, 0.717) is 30.3 Å². The Balaban J connectivity index is 0. The van der Waals surface area contributed by atoms with Gasteiger partial charge in [0, 0.05) is 10.8 Å². The van der Waals surface area contributed by atoms with Crippen LogP contribution in [0.4, 0.5) is 22.7 Å². The van der Waals surface area contributed by atoms with Crippen molar-refractivity contribution < 1.29 is 243 Å². The van der Waals surface area contributed by atoms with Crippen LogP contribution in [0.3, 0.4) is 0 Å². The molecule has 0 heterocycles. The Morgan fingerprint density at radius 2 is 0.828 bits per heavy atom. The second kappa shape index (κ2) is 25.6. The maximum atomic E-state index is 12.6. The van der Waals surface area contributed by atoms with E-state index in [-0.39, 0.29) is 154 Å². The van der Waals surface area contributed by atoms with E-state index in [4.69, 9.17) is 0 Å². The fourth-order valence-electron chi connectivity index (χ4n) is 4.61. The van der Waals surface area contributed by atoms with E-state index in [1.54, 1.807) is 0 Å². The van der Waals surface area contributed by atoms with Crippen LogP contribution < -0.4 is 148 Å². The SMILES string of the molecule is O=S(=O)([O-])OCCS(=O)(=O)c1ccc(N=Nc2c(S(=O)(=O)[O-])cc3c(N=Nc4ccc(S(=O)(=O)CCOS(=O)(=O)[O-])cc4S(=O)(=O)[O-])cccc3c2O)c(S(=O)(=O)[O-])c1.[Na+].[Na+].[Na+].[Na+].[Na+]. The van der Waals surface area contributed by atoms with E-state index in [1.807, 2.05) is 0 Å². The van der Waals surface area contributed by atoms with Crippen molar-refractivity contribution in [1.82, 2.24) is 0 Å². The van der Waals surface area contributed by atoms with Crippen molar-refractivity contribution in [3.63, 3.8) is 0 Å². The Morgan fingerprint density at radius 1 is 0.453 bits per heavy atom. The van der Waals surface area contributed by atoms with Gasteiger partial charge in [0.15, 0.2) is 25.4 Å². The molecule has 0 aromatic heterocycles. The molecule has 0 spiro atoms. The van der Waals surface area contributed by atoms with Gasteiger partial charge >= 0.3 is 148 Å². The van der Waals surface area contributed by atoms with Gasteiger partial charge in [-0.3, -0.25) is 8.37 Å². The van der Waals surface area contributed by atoms with E-state index < -0.39 is 159 Å². The molecular weight excluding hydrogens is 1060 g/mol. The van der Waals surface area contributed by atoms with Crippen molar-refractivity contribution in [2.45, 2.75) is 24.5 Å². The summed E-state index contributed by atoms with van der Waals surface area (Å²) in [6.45, 7) is -2.37. The van der Waals surface area contributed by atoms with Gasteiger partial charge in [-0.1, -0.05) is 12.1 Å². The standard InChI is InChI=1S/C26H24N4O22S7.5Na/c31-26-17-2-1-3-19(27-28-20-6-4-15(12-22(20)55(36,37)38)53(32,33)10-8-51-58(45,46)47)18(17)14-24(57(42,43)44)25(26)30-29-21-7-5-16(13-23(21)56(39,40)41)54(34,35)11-9-52-59(48,49)50;;;;;/h1-7,12-14,31H,8-11H2,(H,36,37,38)(H,39,40,41)(H,42,43,44)(H,45,46,47)(H,48,49,50);;;;;/q;5*+1/p-5. The smallest absolute Gasteiger partial charge is 0.744 e. The summed E-state index contributed by atoms with van der Waals surface area (Å²) in [4.78, 5) is -5.84. The molecule has 0 aliphatic rings. The summed E-state index contributed by atoms with van der Waals surface area (Å²) in [5.41, 5.74) is -3.41. The Labute approximate surface area is 475 Å². The Hall–Kier alpha value is 0.510. The van der Waals surface area contributed by atoms with Gasteiger partial charge in [-0.15, -0.1) is 20.5 Å². The second-order valence-electron chi connectivity index (χ2n) is 11.1. The average Bonchev–Trinajstić information content (AvgIpc) is 3.07. The maximum absolute atomic E-state index is 12.6. The number of hydrogen-bond acceptors (Lipinski definition) is 26. The van der Waals surface area contributed by atoms with Crippen LogP contribution in [0.2, 0.25) is 0 Å². The largest absolute Gasteiger partial charge is 1.00 e. The first-order valence-electron chi connectivity index (χ1n) is 14.7. The molecule has 0 aliphatic carbocycles. The zero-order chi connectivity index (χ0) is 44.6. The fraction of sp³-hybridized carbons (Fsp3) is 0.154. The topological polar surface area (TPSA) is 442 Å². The molecular formula is C26H19N4Na5O22S7. The average molecular weight is 1080 g/mol. The first-order valence-corrected chi connectivity index (χ1v) is 24.9. The molecule has 4 rings (SSSR count). The van der Waals surface area contributed by atoms with Gasteiger partial charge in [-0.2, -0.15) is 0 Å². The van der Waals surface area contributed by atoms with Crippen LogP contribution in [0.1, 0.15) is 0 Å². The van der Waals surface area contributed by atoms with Crippen LogP contribution in [0.15, 0.2) is 106 Å². The van der Waals surface area contributed by atoms with Gasteiger partial charge in [0.2, 0.25) is 20.8 Å².